The maximum absolute atomic E-state index is 5.49. The molecule has 1 aromatic carbocycles. The molecule has 3 rings (SSSR count). The molecular weight excluding hydrogens is 354 g/mol. The fourth-order valence-electron chi connectivity index (χ4n) is 3.64. The summed E-state index contributed by atoms with van der Waals surface area (Å²) in [5.74, 6) is 3.35. The SMILES string of the molecule is COc1cccc(OC)c1CNC1CCC(Nc2nccc(N(C)C)n2)CC1. The number of nitrogens with one attached hydrogen (secondary N) is 2. The number of ether oxygens (including phenoxy) is 2. The lowest BCUT2D eigenvalue weighted by Crippen LogP contribution is -2.37. The molecular formula is C21H31N5O2. The highest BCUT2D eigenvalue weighted by molar-refractivity contribution is 5.44. The lowest BCUT2D eigenvalue weighted by Gasteiger charge is -2.30. The summed E-state index contributed by atoms with van der Waals surface area (Å²) in [6, 6.07) is 8.71. The van der Waals surface area contributed by atoms with Gasteiger partial charge in [-0.3, -0.25) is 0 Å². The minimum Gasteiger partial charge on any atom is -0.496 e. The van der Waals surface area contributed by atoms with E-state index in [0.717, 1.165) is 55.1 Å². The van der Waals surface area contributed by atoms with Gasteiger partial charge >= 0.3 is 0 Å². The molecule has 0 bridgehead atoms. The lowest BCUT2D eigenvalue weighted by atomic mass is 9.91. The molecule has 1 aromatic heterocycles. The second-order valence-electron chi connectivity index (χ2n) is 7.35. The zero-order chi connectivity index (χ0) is 19.9. The van der Waals surface area contributed by atoms with Gasteiger partial charge in [-0.05, 0) is 43.9 Å². The van der Waals surface area contributed by atoms with Gasteiger partial charge in [0.1, 0.15) is 17.3 Å². The van der Waals surface area contributed by atoms with E-state index in [1.54, 1.807) is 20.4 Å². The van der Waals surface area contributed by atoms with Gasteiger partial charge in [-0.15, -0.1) is 0 Å². The van der Waals surface area contributed by atoms with E-state index in [1.165, 1.54) is 0 Å². The topological polar surface area (TPSA) is 71.5 Å². The van der Waals surface area contributed by atoms with E-state index < -0.39 is 0 Å². The Hall–Kier alpha value is -2.54. The van der Waals surface area contributed by atoms with Crippen LogP contribution in [0.2, 0.25) is 0 Å². The maximum Gasteiger partial charge on any atom is 0.224 e. The van der Waals surface area contributed by atoms with E-state index in [2.05, 4.69) is 20.6 Å². The molecule has 0 aliphatic heterocycles. The molecule has 0 radical (unpaired) electrons. The first-order valence-corrected chi connectivity index (χ1v) is 9.81. The first kappa shape index (κ1) is 20.2. The van der Waals surface area contributed by atoms with Crippen LogP contribution in [-0.2, 0) is 6.54 Å². The van der Waals surface area contributed by atoms with Gasteiger partial charge in [0, 0.05) is 44.5 Å². The second-order valence-corrected chi connectivity index (χ2v) is 7.35. The van der Waals surface area contributed by atoms with Crippen molar-refractivity contribution in [2.75, 3.05) is 38.5 Å². The van der Waals surface area contributed by atoms with E-state index in [9.17, 15) is 0 Å². The summed E-state index contributed by atoms with van der Waals surface area (Å²) in [6.07, 6.45) is 6.22. The minimum atomic E-state index is 0.413. The summed E-state index contributed by atoms with van der Waals surface area (Å²) in [5.41, 5.74) is 1.07. The summed E-state index contributed by atoms with van der Waals surface area (Å²) < 4.78 is 11.0. The molecule has 1 saturated carbocycles. The van der Waals surface area contributed by atoms with Crippen LogP contribution in [0.4, 0.5) is 11.8 Å². The molecule has 7 nitrogen and oxygen atoms in total. The number of hydrogen-bond acceptors (Lipinski definition) is 7. The van der Waals surface area contributed by atoms with Gasteiger partial charge in [0.15, 0.2) is 0 Å². The van der Waals surface area contributed by atoms with Gasteiger partial charge in [0.2, 0.25) is 5.95 Å². The highest BCUT2D eigenvalue weighted by atomic mass is 16.5. The van der Waals surface area contributed by atoms with E-state index in [-0.39, 0.29) is 0 Å². The molecule has 1 aliphatic rings. The van der Waals surface area contributed by atoms with Crippen molar-refractivity contribution in [1.82, 2.24) is 15.3 Å². The van der Waals surface area contributed by atoms with Crippen molar-refractivity contribution in [1.29, 1.82) is 0 Å². The monoisotopic (exact) mass is 385 g/mol. The lowest BCUT2D eigenvalue weighted by molar-refractivity contribution is 0.341. The van der Waals surface area contributed by atoms with Crippen molar-refractivity contribution in [3.05, 3.63) is 36.0 Å². The highest BCUT2D eigenvalue weighted by Gasteiger charge is 2.22. The molecule has 0 unspecified atom stereocenters. The molecule has 2 N–H and O–H groups in total. The summed E-state index contributed by atoms with van der Waals surface area (Å²) in [5, 5.41) is 7.16. The van der Waals surface area contributed by atoms with Crippen LogP contribution in [0.1, 0.15) is 31.2 Å². The Bertz CT molecular complexity index is 738. The van der Waals surface area contributed by atoms with E-state index in [0.29, 0.717) is 18.0 Å². The average molecular weight is 386 g/mol. The Labute approximate surface area is 167 Å². The number of nitrogens with zero attached hydrogens (tertiary/aromatic N) is 3. The fourth-order valence-corrected chi connectivity index (χ4v) is 3.64. The number of benzene rings is 1. The maximum atomic E-state index is 5.49. The Kier molecular flexibility index (Phi) is 6.92. The summed E-state index contributed by atoms with van der Waals surface area (Å²) in [7, 11) is 7.37. The summed E-state index contributed by atoms with van der Waals surface area (Å²) in [6.45, 7) is 0.740. The van der Waals surface area contributed by atoms with Crippen molar-refractivity contribution in [2.24, 2.45) is 0 Å². The van der Waals surface area contributed by atoms with Crippen LogP contribution in [0, 0.1) is 0 Å². The van der Waals surface area contributed by atoms with Crippen LogP contribution in [-0.4, -0.2) is 50.4 Å². The van der Waals surface area contributed by atoms with Crippen LogP contribution >= 0.6 is 0 Å². The smallest absolute Gasteiger partial charge is 0.224 e. The highest BCUT2D eigenvalue weighted by Crippen LogP contribution is 2.29. The van der Waals surface area contributed by atoms with Crippen LogP contribution in [0.15, 0.2) is 30.5 Å². The van der Waals surface area contributed by atoms with Gasteiger partial charge in [-0.2, -0.15) is 4.98 Å². The van der Waals surface area contributed by atoms with E-state index in [4.69, 9.17) is 9.47 Å². The van der Waals surface area contributed by atoms with Gasteiger partial charge in [0.25, 0.3) is 0 Å². The Balaban J connectivity index is 1.50. The number of methoxy groups -OCH3 is 2. The third-order valence-electron chi connectivity index (χ3n) is 5.26. The predicted molar refractivity (Wildman–Crippen MR) is 112 cm³/mol. The molecule has 28 heavy (non-hydrogen) atoms. The molecule has 152 valence electrons. The summed E-state index contributed by atoms with van der Waals surface area (Å²) in [4.78, 5) is 10.9. The van der Waals surface area contributed by atoms with Gasteiger partial charge in [0.05, 0.1) is 14.2 Å². The molecule has 1 fully saturated rings. The minimum absolute atomic E-state index is 0.413. The number of anilines is 2. The molecule has 2 aromatic rings. The molecule has 0 amide bonds. The van der Waals surface area contributed by atoms with Crippen LogP contribution in [0.3, 0.4) is 0 Å². The van der Waals surface area contributed by atoms with Crippen molar-refractivity contribution >= 4 is 11.8 Å². The zero-order valence-electron chi connectivity index (χ0n) is 17.2. The second kappa shape index (κ2) is 9.59. The Morgan fingerprint density at radius 2 is 1.64 bits per heavy atom. The molecule has 0 atom stereocenters. The van der Waals surface area contributed by atoms with Crippen molar-refractivity contribution in [3.63, 3.8) is 0 Å². The van der Waals surface area contributed by atoms with Gasteiger partial charge in [-0.25, -0.2) is 4.98 Å². The van der Waals surface area contributed by atoms with Crippen LogP contribution in [0.5, 0.6) is 11.5 Å². The largest absolute Gasteiger partial charge is 0.496 e. The fraction of sp³-hybridized carbons (Fsp3) is 0.524. The first-order chi connectivity index (χ1) is 13.6. The van der Waals surface area contributed by atoms with E-state index in [1.807, 2.05) is 43.3 Å². The Morgan fingerprint density at radius 3 is 2.25 bits per heavy atom. The number of aromatic nitrogens is 2. The average Bonchev–Trinajstić information content (AvgIpc) is 2.73. The third kappa shape index (κ3) is 5.04. The quantitative estimate of drug-likeness (QED) is 0.723. The number of rotatable bonds is 8. The third-order valence-corrected chi connectivity index (χ3v) is 5.26. The van der Waals surface area contributed by atoms with Gasteiger partial charge in [-0.1, -0.05) is 6.07 Å². The van der Waals surface area contributed by atoms with Crippen molar-refractivity contribution < 1.29 is 9.47 Å². The van der Waals surface area contributed by atoms with Crippen LogP contribution in [0.25, 0.3) is 0 Å². The Morgan fingerprint density at radius 1 is 1.00 bits per heavy atom. The van der Waals surface area contributed by atoms with Crippen LogP contribution < -0.4 is 25.0 Å². The van der Waals surface area contributed by atoms with Crippen molar-refractivity contribution in [2.45, 2.75) is 44.3 Å². The first-order valence-electron chi connectivity index (χ1n) is 9.81. The number of hydrogen-bond donors (Lipinski definition) is 2. The molecule has 7 heteroatoms. The molecule has 0 saturated heterocycles. The molecule has 1 heterocycles. The zero-order valence-corrected chi connectivity index (χ0v) is 17.2. The van der Waals surface area contributed by atoms with Gasteiger partial charge < -0.3 is 25.0 Å². The molecule has 1 aliphatic carbocycles. The normalized spacial score (nSPS) is 19.1. The molecule has 0 spiro atoms. The standard InChI is InChI=1S/C21H31N5O2/c1-26(2)20-12-13-22-21(25-20)24-16-10-8-15(9-11-16)23-14-17-18(27-3)6-5-7-19(17)28-4/h5-7,12-13,15-16,23H,8-11,14H2,1-4H3,(H,22,24,25). The van der Waals surface area contributed by atoms with E-state index >= 15 is 0 Å². The van der Waals surface area contributed by atoms with Crippen molar-refractivity contribution in [3.8, 4) is 11.5 Å². The predicted octanol–water partition coefficient (Wildman–Crippen LogP) is 3.07. The summed E-state index contributed by atoms with van der Waals surface area (Å²) >= 11 is 0.